The first-order valence-corrected chi connectivity index (χ1v) is 8.63. The van der Waals surface area contributed by atoms with E-state index in [1.165, 1.54) is 45.1 Å². The van der Waals surface area contributed by atoms with E-state index in [0.29, 0.717) is 0 Å². The van der Waals surface area contributed by atoms with E-state index >= 15 is 0 Å². The standard InChI is InChI=1S/C19H29N/c1-3-12-20-19-11-10-18(14(19)2)17-9-5-8-16(13-17)15-6-4-7-15/h5,8-9,13-15,18-20H,3-4,6-7,10-12H2,1-2H3. The molecular weight excluding hydrogens is 242 g/mol. The van der Waals surface area contributed by atoms with Crippen LogP contribution < -0.4 is 5.32 Å². The second-order valence-electron chi connectivity index (χ2n) is 6.90. The Morgan fingerprint density at radius 3 is 2.60 bits per heavy atom. The van der Waals surface area contributed by atoms with E-state index in [0.717, 1.165) is 23.8 Å². The van der Waals surface area contributed by atoms with Gasteiger partial charge in [-0.1, -0.05) is 44.5 Å². The third-order valence-electron chi connectivity index (χ3n) is 5.63. The second kappa shape index (κ2) is 6.30. The Hall–Kier alpha value is -0.820. The van der Waals surface area contributed by atoms with Gasteiger partial charge in [-0.05, 0) is 67.5 Å². The van der Waals surface area contributed by atoms with Gasteiger partial charge >= 0.3 is 0 Å². The van der Waals surface area contributed by atoms with Gasteiger partial charge in [0, 0.05) is 6.04 Å². The lowest BCUT2D eigenvalue weighted by Gasteiger charge is -2.27. The van der Waals surface area contributed by atoms with Crippen molar-refractivity contribution in [1.29, 1.82) is 0 Å². The second-order valence-corrected chi connectivity index (χ2v) is 6.90. The lowest BCUT2D eigenvalue weighted by atomic mass is 9.78. The fourth-order valence-corrected chi connectivity index (χ4v) is 4.04. The maximum atomic E-state index is 3.74. The zero-order valence-corrected chi connectivity index (χ0v) is 13.1. The topological polar surface area (TPSA) is 12.0 Å². The molecule has 3 atom stereocenters. The first-order chi connectivity index (χ1) is 9.79. The summed E-state index contributed by atoms with van der Waals surface area (Å²) < 4.78 is 0. The predicted octanol–water partition coefficient (Wildman–Crippen LogP) is 4.84. The summed E-state index contributed by atoms with van der Waals surface area (Å²) in [6, 6.07) is 10.3. The molecule has 0 aromatic heterocycles. The zero-order chi connectivity index (χ0) is 13.9. The Morgan fingerprint density at radius 2 is 1.90 bits per heavy atom. The number of benzene rings is 1. The normalized spacial score (nSPS) is 30.4. The van der Waals surface area contributed by atoms with Crippen molar-refractivity contribution in [2.45, 2.75) is 70.3 Å². The summed E-state index contributed by atoms with van der Waals surface area (Å²) in [5.41, 5.74) is 3.20. The van der Waals surface area contributed by atoms with Gasteiger partial charge in [-0.25, -0.2) is 0 Å². The number of nitrogens with one attached hydrogen (secondary N) is 1. The highest BCUT2D eigenvalue weighted by Gasteiger charge is 2.33. The largest absolute Gasteiger partial charge is 0.314 e. The molecule has 1 heteroatoms. The number of hydrogen-bond donors (Lipinski definition) is 1. The molecule has 1 aromatic carbocycles. The van der Waals surface area contributed by atoms with Crippen molar-refractivity contribution >= 4 is 0 Å². The summed E-state index contributed by atoms with van der Waals surface area (Å²) in [4.78, 5) is 0. The molecule has 0 spiro atoms. The van der Waals surface area contributed by atoms with Gasteiger partial charge in [-0.3, -0.25) is 0 Å². The minimum absolute atomic E-state index is 0.729. The van der Waals surface area contributed by atoms with Crippen LogP contribution in [0.25, 0.3) is 0 Å². The van der Waals surface area contributed by atoms with Gasteiger partial charge in [-0.2, -0.15) is 0 Å². The quantitative estimate of drug-likeness (QED) is 0.808. The molecule has 0 radical (unpaired) electrons. The van der Waals surface area contributed by atoms with Crippen molar-refractivity contribution in [3.8, 4) is 0 Å². The van der Waals surface area contributed by atoms with Gasteiger partial charge in [0.15, 0.2) is 0 Å². The Labute approximate surface area is 124 Å². The maximum Gasteiger partial charge on any atom is 0.00987 e. The molecular formula is C19H29N. The van der Waals surface area contributed by atoms with E-state index < -0.39 is 0 Å². The fraction of sp³-hybridized carbons (Fsp3) is 0.684. The average Bonchev–Trinajstić information content (AvgIpc) is 2.76. The summed E-state index contributed by atoms with van der Waals surface area (Å²) in [5.74, 6) is 2.41. The molecule has 1 nitrogen and oxygen atoms in total. The molecule has 0 bridgehead atoms. The molecule has 3 unspecified atom stereocenters. The van der Waals surface area contributed by atoms with Gasteiger partial charge in [-0.15, -0.1) is 0 Å². The van der Waals surface area contributed by atoms with E-state index in [4.69, 9.17) is 0 Å². The molecule has 2 aliphatic carbocycles. The van der Waals surface area contributed by atoms with Crippen LogP contribution in [0.2, 0.25) is 0 Å². The van der Waals surface area contributed by atoms with Crippen molar-refractivity contribution in [2.24, 2.45) is 5.92 Å². The fourth-order valence-electron chi connectivity index (χ4n) is 4.04. The molecule has 2 fully saturated rings. The van der Waals surface area contributed by atoms with Gasteiger partial charge in [0.25, 0.3) is 0 Å². The van der Waals surface area contributed by atoms with Crippen LogP contribution in [-0.2, 0) is 0 Å². The molecule has 0 amide bonds. The minimum atomic E-state index is 0.729. The Morgan fingerprint density at radius 1 is 1.10 bits per heavy atom. The Balaban J connectivity index is 1.69. The van der Waals surface area contributed by atoms with Crippen molar-refractivity contribution in [2.75, 3.05) is 6.54 Å². The molecule has 20 heavy (non-hydrogen) atoms. The van der Waals surface area contributed by atoms with Gasteiger partial charge < -0.3 is 5.32 Å². The van der Waals surface area contributed by atoms with Crippen LogP contribution >= 0.6 is 0 Å². The highest BCUT2D eigenvalue weighted by molar-refractivity contribution is 5.31. The first kappa shape index (κ1) is 14.1. The van der Waals surface area contributed by atoms with Crippen molar-refractivity contribution < 1.29 is 0 Å². The highest BCUT2D eigenvalue weighted by Crippen LogP contribution is 2.42. The van der Waals surface area contributed by atoms with Crippen LogP contribution in [0.1, 0.15) is 75.3 Å². The summed E-state index contributed by atoms with van der Waals surface area (Å²) in [6.07, 6.45) is 8.19. The Bertz CT molecular complexity index is 435. The van der Waals surface area contributed by atoms with E-state index in [2.05, 4.69) is 43.4 Å². The van der Waals surface area contributed by atoms with E-state index in [-0.39, 0.29) is 0 Å². The number of hydrogen-bond acceptors (Lipinski definition) is 1. The third-order valence-corrected chi connectivity index (χ3v) is 5.63. The highest BCUT2D eigenvalue weighted by atomic mass is 14.9. The molecule has 0 saturated heterocycles. The van der Waals surface area contributed by atoms with Gasteiger partial charge in [0.05, 0.1) is 0 Å². The summed E-state index contributed by atoms with van der Waals surface area (Å²) >= 11 is 0. The SMILES string of the molecule is CCCNC1CCC(c2cccc(C3CCC3)c2)C1C. The van der Waals surface area contributed by atoms with Crippen LogP contribution in [0.5, 0.6) is 0 Å². The van der Waals surface area contributed by atoms with E-state index in [1.54, 1.807) is 11.1 Å². The van der Waals surface area contributed by atoms with Crippen molar-refractivity contribution in [3.63, 3.8) is 0 Å². The van der Waals surface area contributed by atoms with Crippen LogP contribution in [0.3, 0.4) is 0 Å². The first-order valence-electron chi connectivity index (χ1n) is 8.63. The Kier molecular flexibility index (Phi) is 4.45. The van der Waals surface area contributed by atoms with Crippen LogP contribution in [-0.4, -0.2) is 12.6 Å². The molecule has 2 aliphatic rings. The van der Waals surface area contributed by atoms with Crippen molar-refractivity contribution in [1.82, 2.24) is 5.32 Å². The van der Waals surface area contributed by atoms with Crippen molar-refractivity contribution in [3.05, 3.63) is 35.4 Å². The molecule has 1 N–H and O–H groups in total. The lowest BCUT2D eigenvalue weighted by molar-refractivity contribution is 0.402. The third kappa shape index (κ3) is 2.79. The monoisotopic (exact) mass is 271 g/mol. The summed E-state index contributed by atoms with van der Waals surface area (Å²) in [7, 11) is 0. The average molecular weight is 271 g/mol. The smallest absolute Gasteiger partial charge is 0.00987 e. The van der Waals surface area contributed by atoms with Crippen LogP contribution in [0.4, 0.5) is 0 Å². The van der Waals surface area contributed by atoms with E-state index in [9.17, 15) is 0 Å². The van der Waals surface area contributed by atoms with Gasteiger partial charge in [0.1, 0.15) is 0 Å². The van der Waals surface area contributed by atoms with Crippen LogP contribution in [0, 0.1) is 5.92 Å². The zero-order valence-electron chi connectivity index (χ0n) is 13.1. The molecule has 0 heterocycles. The molecule has 3 rings (SSSR count). The lowest BCUT2D eigenvalue weighted by Crippen LogP contribution is -2.32. The predicted molar refractivity (Wildman–Crippen MR) is 86.3 cm³/mol. The van der Waals surface area contributed by atoms with E-state index in [1.807, 2.05) is 0 Å². The summed E-state index contributed by atoms with van der Waals surface area (Å²) in [5, 5.41) is 3.74. The minimum Gasteiger partial charge on any atom is -0.314 e. The molecule has 110 valence electrons. The molecule has 2 saturated carbocycles. The maximum absolute atomic E-state index is 3.74. The molecule has 0 aliphatic heterocycles. The number of rotatable bonds is 5. The van der Waals surface area contributed by atoms with Crippen LogP contribution in [0.15, 0.2) is 24.3 Å². The van der Waals surface area contributed by atoms with Gasteiger partial charge in [0.2, 0.25) is 0 Å². The molecule has 1 aromatic rings. The summed E-state index contributed by atoms with van der Waals surface area (Å²) in [6.45, 7) is 5.87.